The standard InChI is InChI=1S/C14H17NO4.C8H16O.C7H6ClNO2/c1-3-4-9-19-14(16)8-6-12-5-7-13(15(17)18)11(2)10-12;1-4-6-7-9-8(3)5-2;1-5-4-6(8)2-3-7(5)9(10)11/h5-8,10H,3-4,9H2,1-2H3;5,8H,2,4,6-7H2,1,3H3;2-4H,1H3/b8-6+;;. The second-order valence-corrected chi connectivity index (χ2v) is 8.95. The molecule has 0 radical (unpaired) electrons. The molecule has 9 nitrogen and oxygen atoms in total. The second-order valence-electron chi connectivity index (χ2n) is 8.51. The maximum Gasteiger partial charge on any atom is 0.330 e. The Bertz CT molecular complexity index is 1100. The molecule has 214 valence electrons. The summed E-state index contributed by atoms with van der Waals surface area (Å²) in [6.07, 6.45) is 9.12. The highest BCUT2D eigenvalue weighted by atomic mass is 35.5. The normalized spacial score (nSPS) is 10.9. The molecule has 0 aromatic heterocycles. The summed E-state index contributed by atoms with van der Waals surface area (Å²) in [5.41, 5.74) is 2.06. The summed E-state index contributed by atoms with van der Waals surface area (Å²) in [5, 5.41) is 21.5. The molecule has 0 saturated heterocycles. The minimum atomic E-state index is -0.429. The zero-order chi connectivity index (χ0) is 29.8. The number of nitrogens with zero attached hydrogens (tertiary/aromatic N) is 2. The molecule has 0 aliphatic heterocycles. The number of benzene rings is 2. The lowest BCUT2D eigenvalue weighted by Crippen LogP contribution is -2.04. The van der Waals surface area contributed by atoms with Crippen LogP contribution in [0.15, 0.2) is 55.1 Å². The summed E-state index contributed by atoms with van der Waals surface area (Å²) in [7, 11) is 0. The Balaban J connectivity index is 0.000000612. The van der Waals surface area contributed by atoms with Crippen LogP contribution in [0.3, 0.4) is 0 Å². The molecule has 2 aromatic carbocycles. The van der Waals surface area contributed by atoms with Gasteiger partial charge in [0.15, 0.2) is 0 Å². The van der Waals surface area contributed by atoms with Gasteiger partial charge in [0.05, 0.1) is 22.6 Å². The Kier molecular flexibility index (Phi) is 18.5. The number of hydrogen-bond donors (Lipinski definition) is 0. The first-order valence-electron chi connectivity index (χ1n) is 12.7. The number of halogens is 1. The summed E-state index contributed by atoms with van der Waals surface area (Å²) in [5.74, 6) is -0.399. The number of unbranched alkanes of at least 4 members (excludes halogenated alkanes) is 2. The van der Waals surface area contributed by atoms with Crippen molar-refractivity contribution < 1.29 is 24.1 Å². The Labute approximate surface area is 235 Å². The monoisotopic (exact) mass is 562 g/mol. The number of carbonyl (C=O) groups excluding carboxylic acids is 1. The van der Waals surface area contributed by atoms with Crippen LogP contribution < -0.4 is 0 Å². The fourth-order valence-electron chi connectivity index (χ4n) is 2.82. The van der Waals surface area contributed by atoms with Crippen LogP contribution in [0.2, 0.25) is 5.02 Å². The predicted octanol–water partition coefficient (Wildman–Crippen LogP) is 8.19. The van der Waals surface area contributed by atoms with E-state index < -0.39 is 15.8 Å². The molecule has 0 aliphatic rings. The number of hydrogen-bond acceptors (Lipinski definition) is 7. The van der Waals surface area contributed by atoms with E-state index in [-0.39, 0.29) is 17.5 Å². The van der Waals surface area contributed by atoms with Crippen molar-refractivity contribution in [1.29, 1.82) is 0 Å². The zero-order valence-electron chi connectivity index (χ0n) is 23.4. The van der Waals surface area contributed by atoms with Crippen molar-refractivity contribution in [2.45, 2.75) is 66.4 Å². The molecule has 0 bridgehead atoms. The number of nitro groups is 2. The van der Waals surface area contributed by atoms with Crippen LogP contribution in [-0.2, 0) is 14.3 Å². The number of ether oxygens (including phenoxy) is 2. The maximum absolute atomic E-state index is 11.3. The number of carbonyl (C=O) groups is 1. The van der Waals surface area contributed by atoms with Crippen LogP contribution in [0.1, 0.15) is 63.1 Å². The minimum absolute atomic E-state index is 0.0719. The molecule has 0 fully saturated rings. The lowest BCUT2D eigenvalue weighted by atomic mass is 10.1. The number of nitro benzene ring substituents is 2. The predicted molar refractivity (Wildman–Crippen MR) is 156 cm³/mol. The molecule has 0 saturated carbocycles. The van der Waals surface area contributed by atoms with Crippen molar-refractivity contribution in [2.24, 2.45) is 0 Å². The van der Waals surface area contributed by atoms with Crippen molar-refractivity contribution in [3.8, 4) is 0 Å². The highest BCUT2D eigenvalue weighted by Crippen LogP contribution is 2.21. The van der Waals surface area contributed by atoms with Crippen molar-refractivity contribution in [2.75, 3.05) is 13.2 Å². The van der Waals surface area contributed by atoms with Gasteiger partial charge in [-0.2, -0.15) is 0 Å². The van der Waals surface area contributed by atoms with Crippen molar-refractivity contribution in [3.05, 3.63) is 97.1 Å². The van der Waals surface area contributed by atoms with E-state index in [1.807, 2.05) is 19.9 Å². The van der Waals surface area contributed by atoms with Crippen LogP contribution in [-0.4, -0.2) is 35.1 Å². The van der Waals surface area contributed by atoms with Crippen molar-refractivity contribution in [3.63, 3.8) is 0 Å². The summed E-state index contributed by atoms with van der Waals surface area (Å²) < 4.78 is 10.3. The van der Waals surface area contributed by atoms with Gasteiger partial charge in [-0.25, -0.2) is 4.79 Å². The Hall–Kier alpha value is -3.56. The van der Waals surface area contributed by atoms with Gasteiger partial charge in [0, 0.05) is 41.0 Å². The maximum atomic E-state index is 11.3. The number of esters is 1. The summed E-state index contributed by atoms with van der Waals surface area (Å²) >= 11 is 5.60. The molecule has 2 rings (SSSR count). The molecule has 0 N–H and O–H groups in total. The Morgan fingerprint density at radius 2 is 1.51 bits per heavy atom. The average molecular weight is 563 g/mol. The third-order valence-electron chi connectivity index (χ3n) is 5.14. The van der Waals surface area contributed by atoms with E-state index in [1.165, 1.54) is 30.7 Å². The quantitative estimate of drug-likeness (QED) is 0.0637. The molecular formula is C29H39ClN2O7. The first-order valence-corrected chi connectivity index (χ1v) is 13.1. The van der Waals surface area contributed by atoms with Crippen molar-refractivity contribution >= 4 is 35.0 Å². The number of aryl methyl sites for hydroxylation is 2. The van der Waals surface area contributed by atoms with E-state index in [2.05, 4.69) is 13.5 Å². The van der Waals surface area contributed by atoms with Gasteiger partial charge in [-0.15, -0.1) is 6.58 Å². The molecule has 1 atom stereocenters. The van der Waals surface area contributed by atoms with Gasteiger partial charge in [0.1, 0.15) is 0 Å². The summed E-state index contributed by atoms with van der Waals surface area (Å²) in [6, 6.07) is 9.16. The van der Waals surface area contributed by atoms with Gasteiger partial charge in [-0.3, -0.25) is 20.2 Å². The topological polar surface area (TPSA) is 122 Å². The molecule has 0 spiro atoms. The van der Waals surface area contributed by atoms with E-state index in [1.54, 1.807) is 38.1 Å². The van der Waals surface area contributed by atoms with Crippen molar-refractivity contribution in [1.82, 2.24) is 0 Å². The first kappa shape index (κ1) is 35.4. The van der Waals surface area contributed by atoms with Gasteiger partial charge in [0.2, 0.25) is 0 Å². The second kappa shape index (κ2) is 20.4. The van der Waals surface area contributed by atoms with E-state index in [0.29, 0.717) is 22.8 Å². The Morgan fingerprint density at radius 3 is 2.00 bits per heavy atom. The van der Waals surface area contributed by atoms with Crippen LogP contribution in [0, 0.1) is 34.1 Å². The van der Waals surface area contributed by atoms with Gasteiger partial charge >= 0.3 is 5.97 Å². The molecular weight excluding hydrogens is 524 g/mol. The summed E-state index contributed by atoms with van der Waals surface area (Å²) in [6.45, 7) is 14.4. The largest absolute Gasteiger partial charge is 0.463 e. The third kappa shape index (κ3) is 16.1. The Morgan fingerprint density at radius 1 is 0.974 bits per heavy atom. The van der Waals surface area contributed by atoms with Gasteiger partial charge in [-0.1, -0.05) is 44.4 Å². The van der Waals surface area contributed by atoms with Gasteiger partial charge in [-0.05, 0) is 69.5 Å². The first-order chi connectivity index (χ1) is 18.5. The lowest BCUT2D eigenvalue weighted by Gasteiger charge is -2.05. The molecule has 1 unspecified atom stereocenters. The molecule has 0 amide bonds. The minimum Gasteiger partial charge on any atom is -0.463 e. The van der Waals surface area contributed by atoms with E-state index in [9.17, 15) is 25.0 Å². The molecule has 0 aliphatic carbocycles. The SMILES string of the molecule is C=CC(C)OCCCC.CCCCOC(=O)/C=C/c1ccc([N+](=O)[O-])c(C)c1.Cc1cc(Cl)ccc1[N+](=O)[O-]. The van der Waals surface area contributed by atoms with Crippen LogP contribution in [0.4, 0.5) is 11.4 Å². The van der Waals surface area contributed by atoms with E-state index >= 15 is 0 Å². The van der Waals surface area contributed by atoms with E-state index in [4.69, 9.17) is 21.1 Å². The fraction of sp³-hybridized carbons (Fsp3) is 0.414. The van der Waals surface area contributed by atoms with Crippen LogP contribution in [0.25, 0.3) is 6.08 Å². The lowest BCUT2D eigenvalue weighted by molar-refractivity contribution is -0.385. The van der Waals surface area contributed by atoms with Gasteiger partial charge < -0.3 is 9.47 Å². The third-order valence-corrected chi connectivity index (χ3v) is 5.37. The van der Waals surface area contributed by atoms with Gasteiger partial charge in [0.25, 0.3) is 11.4 Å². The average Bonchev–Trinajstić information content (AvgIpc) is 2.88. The molecule has 2 aromatic rings. The van der Waals surface area contributed by atoms with E-state index in [0.717, 1.165) is 31.4 Å². The fourth-order valence-corrected chi connectivity index (χ4v) is 3.05. The molecule has 39 heavy (non-hydrogen) atoms. The van der Waals surface area contributed by atoms with Crippen LogP contribution in [0.5, 0.6) is 0 Å². The highest BCUT2D eigenvalue weighted by Gasteiger charge is 2.09. The highest BCUT2D eigenvalue weighted by molar-refractivity contribution is 6.30. The summed E-state index contributed by atoms with van der Waals surface area (Å²) in [4.78, 5) is 31.4. The number of rotatable bonds is 12. The van der Waals surface area contributed by atoms with Crippen LogP contribution >= 0.6 is 11.6 Å². The molecule has 10 heteroatoms. The molecule has 0 heterocycles. The smallest absolute Gasteiger partial charge is 0.330 e. The zero-order valence-corrected chi connectivity index (χ0v) is 24.1.